The summed E-state index contributed by atoms with van der Waals surface area (Å²) in [5.41, 5.74) is 6.31. The second-order valence-corrected chi connectivity index (χ2v) is 4.99. The molecule has 2 atom stereocenters. The molecule has 104 valence electrons. The second-order valence-electron chi connectivity index (χ2n) is 4.99. The van der Waals surface area contributed by atoms with E-state index in [0.717, 1.165) is 19.3 Å². The number of nitrogens with two attached hydrogens (primary N) is 1. The van der Waals surface area contributed by atoms with Crippen molar-refractivity contribution in [3.05, 3.63) is 30.1 Å². The molecule has 0 aliphatic heterocycles. The Labute approximate surface area is 112 Å². The van der Waals surface area contributed by atoms with Crippen LogP contribution in [0.1, 0.15) is 25.7 Å². The maximum atomic E-state index is 12.8. The van der Waals surface area contributed by atoms with Gasteiger partial charge in [-0.1, -0.05) is 12.8 Å². The lowest BCUT2D eigenvalue weighted by molar-refractivity contribution is 0.229. The number of carbonyl (C=O) groups excluding carboxylic acids is 1. The number of urea groups is 1. The zero-order chi connectivity index (χ0) is 13.7. The Bertz CT molecular complexity index is 421. The van der Waals surface area contributed by atoms with Gasteiger partial charge in [0.15, 0.2) is 0 Å². The van der Waals surface area contributed by atoms with Gasteiger partial charge in [-0.3, -0.25) is 0 Å². The third kappa shape index (κ3) is 3.92. The Morgan fingerprint density at radius 3 is 2.63 bits per heavy atom. The number of benzene rings is 1. The first-order chi connectivity index (χ1) is 9.19. The molecule has 1 fully saturated rings. The number of anilines is 1. The van der Waals surface area contributed by atoms with Gasteiger partial charge in [-0.2, -0.15) is 0 Å². The number of halogens is 1. The van der Waals surface area contributed by atoms with Crippen molar-refractivity contribution in [1.29, 1.82) is 0 Å². The normalized spacial score (nSPS) is 22.8. The third-order valence-electron chi connectivity index (χ3n) is 3.63. The lowest BCUT2D eigenvalue weighted by Crippen LogP contribution is -2.46. The van der Waals surface area contributed by atoms with Gasteiger partial charge in [-0.05, 0) is 49.6 Å². The molecule has 0 heterocycles. The Morgan fingerprint density at radius 1 is 1.26 bits per heavy atom. The van der Waals surface area contributed by atoms with E-state index in [4.69, 9.17) is 5.73 Å². The summed E-state index contributed by atoms with van der Waals surface area (Å²) in [4.78, 5) is 11.9. The van der Waals surface area contributed by atoms with Crippen LogP contribution in [-0.4, -0.2) is 18.6 Å². The molecule has 5 heteroatoms. The van der Waals surface area contributed by atoms with Crippen molar-refractivity contribution < 1.29 is 9.18 Å². The highest BCUT2D eigenvalue weighted by Gasteiger charge is 2.25. The number of carbonyl (C=O) groups is 1. The Balaban J connectivity index is 1.88. The van der Waals surface area contributed by atoms with E-state index in [0.29, 0.717) is 18.2 Å². The lowest BCUT2D eigenvalue weighted by Gasteiger charge is -2.31. The Morgan fingerprint density at radius 2 is 1.95 bits per heavy atom. The van der Waals surface area contributed by atoms with Crippen molar-refractivity contribution in [2.45, 2.75) is 31.7 Å². The minimum Gasteiger partial charge on any atom is -0.335 e. The molecule has 2 rings (SSSR count). The molecule has 1 aliphatic rings. The van der Waals surface area contributed by atoms with Gasteiger partial charge in [-0.15, -0.1) is 0 Å². The Hall–Kier alpha value is -1.62. The minimum atomic E-state index is -0.318. The van der Waals surface area contributed by atoms with Crippen molar-refractivity contribution in [2.75, 3.05) is 11.9 Å². The molecule has 0 spiro atoms. The lowest BCUT2D eigenvalue weighted by atomic mass is 9.84. The fraction of sp³-hybridized carbons (Fsp3) is 0.500. The summed E-state index contributed by atoms with van der Waals surface area (Å²) in [7, 11) is 0. The van der Waals surface area contributed by atoms with Gasteiger partial charge in [0.2, 0.25) is 0 Å². The molecule has 19 heavy (non-hydrogen) atoms. The van der Waals surface area contributed by atoms with Crippen molar-refractivity contribution in [1.82, 2.24) is 5.32 Å². The molecular formula is C14H20FN3O. The van der Waals surface area contributed by atoms with Gasteiger partial charge >= 0.3 is 6.03 Å². The molecule has 1 saturated carbocycles. The number of hydrogen-bond donors (Lipinski definition) is 3. The fourth-order valence-corrected chi connectivity index (χ4v) is 2.55. The van der Waals surface area contributed by atoms with Crippen LogP contribution < -0.4 is 16.4 Å². The van der Waals surface area contributed by atoms with E-state index in [1.165, 1.54) is 30.7 Å². The van der Waals surface area contributed by atoms with Gasteiger partial charge in [-0.25, -0.2) is 9.18 Å². The molecule has 4 N–H and O–H groups in total. The van der Waals surface area contributed by atoms with Gasteiger partial charge in [0.1, 0.15) is 5.82 Å². The van der Waals surface area contributed by atoms with E-state index < -0.39 is 0 Å². The first-order valence-corrected chi connectivity index (χ1v) is 6.72. The van der Waals surface area contributed by atoms with E-state index in [9.17, 15) is 9.18 Å². The maximum absolute atomic E-state index is 12.8. The van der Waals surface area contributed by atoms with Crippen LogP contribution in [0.4, 0.5) is 14.9 Å². The third-order valence-corrected chi connectivity index (χ3v) is 3.63. The topological polar surface area (TPSA) is 67.1 Å². The minimum absolute atomic E-state index is 0.138. The summed E-state index contributed by atoms with van der Waals surface area (Å²) < 4.78 is 12.8. The van der Waals surface area contributed by atoms with Crippen LogP contribution in [0.2, 0.25) is 0 Å². The fourth-order valence-electron chi connectivity index (χ4n) is 2.55. The van der Waals surface area contributed by atoms with Crippen molar-refractivity contribution in [2.24, 2.45) is 11.7 Å². The largest absolute Gasteiger partial charge is 0.335 e. The average Bonchev–Trinajstić information content (AvgIpc) is 2.42. The van der Waals surface area contributed by atoms with Gasteiger partial charge in [0.05, 0.1) is 0 Å². The highest BCUT2D eigenvalue weighted by molar-refractivity contribution is 5.89. The molecule has 1 aromatic carbocycles. The van der Waals surface area contributed by atoms with Crippen LogP contribution in [0.5, 0.6) is 0 Å². The number of nitrogens with one attached hydrogen (secondary N) is 2. The highest BCUT2D eigenvalue weighted by atomic mass is 19.1. The second kappa shape index (κ2) is 6.52. The molecule has 0 radical (unpaired) electrons. The quantitative estimate of drug-likeness (QED) is 0.786. The number of hydrogen-bond acceptors (Lipinski definition) is 2. The summed E-state index contributed by atoms with van der Waals surface area (Å²) in [6.07, 6.45) is 4.34. The van der Waals surface area contributed by atoms with E-state index >= 15 is 0 Å². The van der Waals surface area contributed by atoms with Gasteiger partial charge < -0.3 is 16.4 Å². The monoisotopic (exact) mass is 265 g/mol. The zero-order valence-corrected chi connectivity index (χ0v) is 10.9. The summed E-state index contributed by atoms with van der Waals surface area (Å²) in [5.74, 6) is 0.0363. The van der Waals surface area contributed by atoms with E-state index in [2.05, 4.69) is 10.6 Å². The van der Waals surface area contributed by atoms with Crippen LogP contribution in [0.3, 0.4) is 0 Å². The molecule has 0 bridgehead atoms. The first kappa shape index (κ1) is 13.8. The smallest absolute Gasteiger partial charge is 0.319 e. The van der Waals surface area contributed by atoms with Gasteiger partial charge in [0, 0.05) is 11.7 Å². The molecule has 0 saturated heterocycles. The molecule has 2 unspecified atom stereocenters. The average molecular weight is 265 g/mol. The van der Waals surface area contributed by atoms with Gasteiger partial charge in [0.25, 0.3) is 0 Å². The van der Waals surface area contributed by atoms with Crippen LogP contribution in [0.25, 0.3) is 0 Å². The molecule has 1 aliphatic carbocycles. The predicted octanol–water partition coefficient (Wildman–Crippen LogP) is 2.46. The molecule has 2 amide bonds. The number of amides is 2. The first-order valence-electron chi connectivity index (χ1n) is 6.72. The SMILES string of the molecule is NCC1CCCCC1NC(=O)Nc1ccc(F)cc1. The Kier molecular flexibility index (Phi) is 4.74. The van der Waals surface area contributed by atoms with E-state index in [1.54, 1.807) is 0 Å². The molecular weight excluding hydrogens is 245 g/mol. The zero-order valence-electron chi connectivity index (χ0n) is 10.9. The summed E-state index contributed by atoms with van der Waals surface area (Å²) in [5, 5.41) is 5.66. The van der Waals surface area contributed by atoms with E-state index in [1.807, 2.05) is 0 Å². The van der Waals surface area contributed by atoms with Crippen LogP contribution in [0.15, 0.2) is 24.3 Å². The predicted molar refractivity (Wildman–Crippen MR) is 73.4 cm³/mol. The summed E-state index contributed by atoms with van der Waals surface area (Å²) in [6, 6.07) is 5.60. The summed E-state index contributed by atoms with van der Waals surface area (Å²) >= 11 is 0. The van der Waals surface area contributed by atoms with Crippen molar-refractivity contribution in [3.63, 3.8) is 0 Å². The van der Waals surface area contributed by atoms with Crippen molar-refractivity contribution in [3.8, 4) is 0 Å². The molecule has 1 aromatic rings. The highest BCUT2D eigenvalue weighted by Crippen LogP contribution is 2.23. The maximum Gasteiger partial charge on any atom is 0.319 e. The number of rotatable bonds is 3. The van der Waals surface area contributed by atoms with Crippen LogP contribution >= 0.6 is 0 Å². The standard InChI is InChI=1S/C14H20FN3O/c15-11-5-7-12(8-6-11)17-14(19)18-13-4-2-1-3-10(13)9-16/h5-8,10,13H,1-4,9,16H2,(H2,17,18,19). The van der Waals surface area contributed by atoms with Crippen LogP contribution in [-0.2, 0) is 0 Å². The van der Waals surface area contributed by atoms with Crippen molar-refractivity contribution >= 4 is 11.7 Å². The molecule has 4 nitrogen and oxygen atoms in total. The van der Waals surface area contributed by atoms with E-state index in [-0.39, 0.29) is 17.9 Å². The summed E-state index contributed by atoms with van der Waals surface area (Å²) in [6.45, 7) is 0.599. The molecule has 0 aromatic heterocycles. The van der Waals surface area contributed by atoms with Crippen LogP contribution in [0, 0.1) is 11.7 Å².